The number of benzene rings is 1. The van der Waals surface area contributed by atoms with E-state index in [1.165, 1.54) is 4.90 Å². The maximum atomic E-state index is 12.7. The first kappa shape index (κ1) is 13.0. The van der Waals surface area contributed by atoms with Crippen LogP contribution in [-0.2, 0) is 4.74 Å². The zero-order valence-corrected chi connectivity index (χ0v) is 11.8. The summed E-state index contributed by atoms with van der Waals surface area (Å²) in [5.74, 6) is -0.326. The quantitative estimate of drug-likeness (QED) is 0.788. The Morgan fingerprint density at radius 1 is 1.10 bits per heavy atom. The third-order valence-electron chi connectivity index (χ3n) is 4.98. The number of fused-ring (bicyclic) bond motifs is 1. The first-order valence-corrected chi connectivity index (χ1v) is 7.54. The predicted octanol–water partition coefficient (Wildman–Crippen LogP) is 1.19. The summed E-state index contributed by atoms with van der Waals surface area (Å²) in [6.07, 6.45) is 2.45. The van der Waals surface area contributed by atoms with Crippen molar-refractivity contribution in [1.29, 1.82) is 0 Å². The van der Waals surface area contributed by atoms with Gasteiger partial charge in [-0.15, -0.1) is 0 Å². The van der Waals surface area contributed by atoms with Crippen LogP contribution in [0.5, 0.6) is 0 Å². The molecule has 1 aromatic carbocycles. The van der Waals surface area contributed by atoms with E-state index in [0.717, 1.165) is 32.4 Å². The molecule has 0 aromatic heterocycles. The average molecular weight is 286 g/mol. The zero-order chi connectivity index (χ0) is 14.4. The van der Waals surface area contributed by atoms with E-state index in [2.05, 4.69) is 5.32 Å². The molecule has 2 fully saturated rings. The molecule has 4 rings (SSSR count). The number of rotatable bonds is 1. The molecular formula is C16H18N2O3. The molecule has 0 aliphatic carbocycles. The van der Waals surface area contributed by atoms with Crippen molar-refractivity contribution in [2.75, 3.05) is 19.7 Å². The van der Waals surface area contributed by atoms with Gasteiger partial charge in [0, 0.05) is 6.61 Å². The van der Waals surface area contributed by atoms with Crippen molar-refractivity contribution in [2.45, 2.75) is 30.9 Å². The number of ether oxygens (including phenoxy) is 1. The first-order valence-electron chi connectivity index (χ1n) is 7.54. The van der Waals surface area contributed by atoms with Crippen LogP contribution >= 0.6 is 0 Å². The normalized spacial score (nSPS) is 27.4. The van der Waals surface area contributed by atoms with Gasteiger partial charge >= 0.3 is 0 Å². The number of nitrogens with zero attached hydrogens (tertiary/aromatic N) is 1. The first-order chi connectivity index (χ1) is 10.2. The van der Waals surface area contributed by atoms with Crippen LogP contribution in [0.15, 0.2) is 24.3 Å². The summed E-state index contributed by atoms with van der Waals surface area (Å²) in [6, 6.07) is 6.95. The number of hydrogen-bond acceptors (Lipinski definition) is 4. The average Bonchev–Trinajstić information content (AvgIpc) is 3.01. The molecule has 1 N–H and O–H groups in total. The Bertz CT molecular complexity index is 572. The van der Waals surface area contributed by atoms with Crippen LogP contribution in [0, 0.1) is 0 Å². The summed E-state index contributed by atoms with van der Waals surface area (Å²) >= 11 is 0. The molecule has 2 amide bonds. The van der Waals surface area contributed by atoms with E-state index in [0.29, 0.717) is 17.7 Å². The number of nitrogens with one attached hydrogen (secondary N) is 1. The minimum atomic E-state index is -0.349. The number of imide groups is 1. The van der Waals surface area contributed by atoms with Crippen LogP contribution in [0.1, 0.15) is 40.0 Å². The summed E-state index contributed by atoms with van der Waals surface area (Å²) in [6.45, 7) is 2.37. The Balaban J connectivity index is 1.71. The van der Waals surface area contributed by atoms with Crippen LogP contribution in [0.3, 0.4) is 0 Å². The zero-order valence-electron chi connectivity index (χ0n) is 11.8. The number of amides is 2. The van der Waals surface area contributed by atoms with E-state index in [9.17, 15) is 9.59 Å². The molecule has 1 atom stereocenters. The topological polar surface area (TPSA) is 58.6 Å². The van der Waals surface area contributed by atoms with Gasteiger partial charge in [-0.3, -0.25) is 14.5 Å². The predicted molar refractivity (Wildman–Crippen MR) is 76.1 cm³/mol. The van der Waals surface area contributed by atoms with Crippen molar-refractivity contribution in [3.8, 4) is 0 Å². The number of piperidine rings is 1. The van der Waals surface area contributed by atoms with Gasteiger partial charge in [0.15, 0.2) is 0 Å². The molecule has 2 saturated heterocycles. The molecule has 0 radical (unpaired) electrons. The van der Waals surface area contributed by atoms with Crippen LogP contribution in [0.2, 0.25) is 0 Å². The van der Waals surface area contributed by atoms with E-state index >= 15 is 0 Å². The Morgan fingerprint density at radius 3 is 2.33 bits per heavy atom. The van der Waals surface area contributed by atoms with Crippen molar-refractivity contribution >= 4 is 11.8 Å². The molecule has 3 heterocycles. The molecule has 0 saturated carbocycles. The van der Waals surface area contributed by atoms with Crippen LogP contribution in [-0.4, -0.2) is 48.1 Å². The van der Waals surface area contributed by atoms with Gasteiger partial charge in [0.05, 0.1) is 22.8 Å². The van der Waals surface area contributed by atoms with Crippen LogP contribution in [0.4, 0.5) is 0 Å². The fourth-order valence-corrected chi connectivity index (χ4v) is 3.92. The van der Waals surface area contributed by atoms with E-state index < -0.39 is 0 Å². The Labute approximate surface area is 123 Å². The molecule has 1 unspecified atom stereocenters. The molecule has 21 heavy (non-hydrogen) atoms. The van der Waals surface area contributed by atoms with Gasteiger partial charge in [-0.2, -0.15) is 0 Å². The molecule has 5 heteroatoms. The molecular weight excluding hydrogens is 268 g/mol. The minimum Gasteiger partial charge on any atom is -0.373 e. The highest BCUT2D eigenvalue weighted by Crippen LogP contribution is 2.40. The van der Waals surface area contributed by atoms with Gasteiger partial charge in [-0.05, 0) is 44.5 Å². The Kier molecular flexibility index (Phi) is 2.87. The molecule has 3 aliphatic rings. The number of carbonyl (C=O) groups excluding carboxylic acids is 2. The van der Waals surface area contributed by atoms with Crippen molar-refractivity contribution < 1.29 is 14.3 Å². The number of hydrogen-bond donors (Lipinski definition) is 1. The van der Waals surface area contributed by atoms with Crippen LogP contribution < -0.4 is 5.32 Å². The standard InChI is InChI=1S/C16H18N2O3/c19-14-11-3-1-2-4-12(11)15(20)18(14)13-5-10-21-16(13)6-8-17-9-7-16/h1-4,13,17H,5-10H2. The van der Waals surface area contributed by atoms with E-state index in [-0.39, 0.29) is 23.5 Å². The lowest BCUT2D eigenvalue weighted by Gasteiger charge is -2.41. The van der Waals surface area contributed by atoms with Gasteiger partial charge in [0.1, 0.15) is 0 Å². The van der Waals surface area contributed by atoms with Crippen LogP contribution in [0.25, 0.3) is 0 Å². The Morgan fingerprint density at radius 2 is 1.71 bits per heavy atom. The third kappa shape index (κ3) is 1.77. The van der Waals surface area contributed by atoms with Gasteiger partial charge in [-0.25, -0.2) is 0 Å². The summed E-state index contributed by atoms with van der Waals surface area (Å²) in [7, 11) is 0. The molecule has 1 spiro atoms. The smallest absolute Gasteiger partial charge is 0.261 e. The van der Waals surface area contributed by atoms with Gasteiger partial charge in [0.2, 0.25) is 0 Å². The van der Waals surface area contributed by atoms with E-state index in [1.807, 2.05) is 0 Å². The molecule has 1 aromatic rings. The SMILES string of the molecule is O=C1c2ccccc2C(=O)N1C1CCOC12CCNCC2. The molecule has 5 nitrogen and oxygen atoms in total. The summed E-state index contributed by atoms with van der Waals surface area (Å²) < 4.78 is 6.02. The van der Waals surface area contributed by atoms with Gasteiger partial charge < -0.3 is 10.1 Å². The van der Waals surface area contributed by atoms with Crippen molar-refractivity contribution in [3.63, 3.8) is 0 Å². The monoisotopic (exact) mass is 286 g/mol. The van der Waals surface area contributed by atoms with Crippen molar-refractivity contribution in [2.24, 2.45) is 0 Å². The molecule has 3 aliphatic heterocycles. The highest BCUT2D eigenvalue weighted by Gasteiger charge is 2.53. The van der Waals surface area contributed by atoms with E-state index in [1.54, 1.807) is 24.3 Å². The summed E-state index contributed by atoms with van der Waals surface area (Å²) in [4.78, 5) is 26.8. The summed E-state index contributed by atoms with van der Waals surface area (Å²) in [5.41, 5.74) is 0.704. The fourth-order valence-electron chi connectivity index (χ4n) is 3.92. The largest absolute Gasteiger partial charge is 0.373 e. The van der Waals surface area contributed by atoms with Gasteiger partial charge in [0.25, 0.3) is 11.8 Å². The maximum Gasteiger partial charge on any atom is 0.261 e. The lowest BCUT2D eigenvalue weighted by atomic mass is 9.84. The lowest BCUT2D eigenvalue weighted by molar-refractivity contribution is -0.0496. The highest BCUT2D eigenvalue weighted by atomic mass is 16.5. The van der Waals surface area contributed by atoms with Crippen molar-refractivity contribution in [3.05, 3.63) is 35.4 Å². The maximum absolute atomic E-state index is 12.7. The van der Waals surface area contributed by atoms with Crippen molar-refractivity contribution in [1.82, 2.24) is 10.2 Å². The molecule has 0 bridgehead atoms. The Hall–Kier alpha value is -1.72. The summed E-state index contributed by atoms with van der Waals surface area (Å²) in [5, 5.41) is 3.32. The fraction of sp³-hybridized carbons (Fsp3) is 0.500. The highest BCUT2D eigenvalue weighted by molar-refractivity contribution is 6.21. The number of carbonyl (C=O) groups is 2. The second kappa shape index (κ2) is 4.64. The lowest BCUT2D eigenvalue weighted by Crippen LogP contribution is -2.56. The van der Waals surface area contributed by atoms with Gasteiger partial charge in [-0.1, -0.05) is 12.1 Å². The van der Waals surface area contributed by atoms with E-state index in [4.69, 9.17) is 4.74 Å². The minimum absolute atomic E-state index is 0.132. The third-order valence-corrected chi connectivity index (χ3v) is 4.98. The molecule has 110 valence electrons. The second-order valence-corrected chi connectivity index (χ2v) is 5.99. The second-order valence-electron chi connectivity index (χ2n) is 5.99.